The minimum atomic E-state index is -1.40. The van der Waals surface area contributed by atoms with Crippen molar-refractivity contribution < 1.29 is 38.7 Å². The molecule has 29 heavy (non-hydrogen) atoms. The van der Waals surface area contributed by atoms with E-state index in [0.717, 1.165) is 17.8 Å². The van der Waals surface area contributed by atoms with Gasteiger partial charge in [0.05, 0.1) is 18.1 Å². The first kappa shape index (κ1) is 22.8. The average molecular weight is 426 g/mol. The van der Waals surface area contributed by atoms with Crippen LogP contribution in [0.4, 0.5) is 0 Å². The van der Waals surface area contributed by atoms with E-state index in [2.05, 4.69) is 10.5 Å². The highest BCUT2D eigenvalue weighted by molar-refractivity contribution is 8.04. The summed E-state index contributed by atoms with van der Waals surface area (Å²) in [6.07, 6.45) is -0.317. The number of aromatic nitrogens is 1. The number of ketones is 2. The number of nitrogens with one attached hydrogen (secondary N) is 1. The number of Topliss-reactive ketones (excluding diaryl/α,β-unsaturated/α-hetero) is 1. The fourth-order valence-corrected chi connectivity index (χ4v) is 3.21. The van der Waals surface area contributed by atoms with Gasteiger partial charge in [0.1, 0.15) is 11.7 Å². The van der Waals surface area contributed by atoms with E-state index in [1.807, 2.05) is 0 Å². The molecule has 1 aromatic heterocycles. The zero-order valence-corrected chi connectivity index (χ0v) is 17.0. The Kier molecular flexibility index (Phi) is 7.33. The van der Waals surface area contributed by atoms with E-state index in [9.17, 15) is 29.4 Å². The van der Waals surface area contributed by atoms with Gasteiger partial charge in [0.15, 0.2) is 0 Å². The summed E-state index contributed by atoms with van der Waals surface area (Å²) in [5, 5.41) is 25.1. The van der Waals surface area contributed by atoms with Crippen LogP contribution in [0.15, 0.2) is 15.5 Å². The molecule has 1 atom stereocenters. The molecule has 0 spiro atoms. The van der Waals surface area contributed by atoms with Crippen LogP contribution < -0.4 is 5.32 Å². The second kappa shape index (κ2) is 9.33. The van der Waals surface area contributed by atoms with Gasteiger partial charge < -0.3 is 24.8 Å². The molecule has 0 saturated carbocycles. The van der Waals surface area contributed by atoms with Crippen LogP contribution >= 0.6 is 11.8 Å². The van der Waals surface area contributed by atoms with Crippen molar-refractivity contribution in [3.8, 4) is 0 Å². The molecular formula is C18H22N2O8S. The van der Waals surface area contributed by atoms with E-state index in [1.54, 1.807) is 20.8 Å². The highest BCUT2D eigenvalue weighted by Gasteiger charge is 2.37. The van der Waals surface area contributed by atoms with Crippen LogP contribution in [0, 0.1) is 5.41 Å². The van der Waals surface area contributed by atoms with Gasteiger partial charge in [-0.15, -0.1) is 11.8 Å². The molecule has 0 aromatic carbocycles. The molecule has 11 heteroatoms. The van der Waals surface area contributed by atoms with Gasteiger partial charge in [0.2, 0.25) is 28.9 Å². The van der Waals surface area contributed by atoms with Crippen molar-refractivity contribution in [3.63, 3.8) is 0 Å². The van der Waals surface area contributed by atoms with E-state index in [1.165, 1.54) is 0 Å². The molecule has 1 amide bonds. The van der Waals surface area contributed by atoms with Gasteiger partial charge >= 0.3 is 5.97 Å². The van der Waals surface area contributed by atoms with Crippen molar-refractivity contribution in [2.24, 2.45) is 5.41 Å². The van der Waals surface area contributed by atoms with Crippen molar-refractivity contribution in [1.29, 1.82) is 0 Å². The summed E-state index contributed by atoms with van der Waals surface area (Å²) in [4.78, 5) is 48.7. The van der Waals surface area contributed by atoms with Crippen molar-refractivity contribution >= 4 is 35.2 Å². The topological polar surface area (TPSA) is 156 Å². The number of aliphatic hydroxyl groups is 2. The van der Waals surface area contributed by atoms with Crippen molar-refractivity contribution in [1.82, 2.24) is 10.5 Å². The number of ether oxygens (including phenoxy) is 1. The summed E-state index contributed by atoms with van der Waals surface area (Å²) in [5.41, 5.74) is -1.59. The Labute approximate surface area is 170 Å². The maximum absolute atomic E-state index is 12.7. The maximum atomic E-state index is 12.7. The van der Waals surface area contributed by atoms with Gasteiger partial charge in [-0.3, -0.25) is 14.4 Å². The number of carbonyl (C=O) groups is 4. The third-order valence-corrected chi connectivity index (χ3v) is 5.18. The van der Waals surface area contributed by atoms with Gasteiger partial charge in [0, 0.05) is 23.8 Å². The van der Waals surface area contributed by atoms with Crippen LogP contribution in [0.3, 0.4) is 0 Å². The molecule has 0 radical (unpaired) electrons. The normalized spacial score (nSPS) is 14.9. The summed E-state index contributed by atoms with van der Waals surface area (Å²) >= 11 is 1.00. The maximum Gasteiger partial charge on any atom is 0.361 e. The van der Waals surface area contributed by atoms with Gasteiger partial charge in [-0.05, 0) is 6.92 Å². The lowest BCUT2D eigenvalue weighted by molar-refractivity contribution is -0.136. The quantitative estimate of drug-likeness (QED) is 0.372. The lowest BCUT2D eigenvalue weighted by Gasteiger charge is -2.27. The largest absolute Gasteiger partial charge is 0.461 e. The Bertz CT molecular complexity index is 858. The number of aliphatic hydroxyl groups excluding tert-OH is 2. The van der Waals surface area contributed by atoms with Crippen LogP contribution in [-0.4, -0.2) is 70.4 Å². The third-order valence-electron chi connectivity index (χ3n) is 4.15. The first-order valence-electron chi connectivity index (χ1n) is 8.81. The number of carbonyl (C=O) groups excluding carboxylic acids is 4. The predicted octanol–water partition coefficient (Wildman–Crippen LogP) is 0.343. The van der Waals surface area contributed by atoms with Crippen LogP contribution in [-0.2, 0) is 9.53 Å². The number of hydrogen-bond donors (Lipinski definition) is 3. The first-order chi connectivity index (χ1) is 13.6. The molecule has 0 bridgehead atoms. The zero-order valence-electron chi connectivity index (χ0n) is 16.2. The second-order valence-corrected chi connectivity index (χ2v) is 7.98. The highest BCUT2D eigenvalue weighted by atomic mass is 32.2. The lowest BCUT2D eigenvalue weighted by Crippen LogP contribution is -2.46. The molecular weight excluding hydrogens is 404 g/mol. The van der Waals surface area contributed by atoms with Crippen LogP contribution in [0.2, 0.25) is 0 Å². The minimum Gasteiger partial charge on any atom is -0.461 e. The SMILES string of the molecule is CCOC(=O)c1noc2c1C(=O)C(SCCNC(=O)C(O)C(C)(C)CO)=CC2=O. The van der Waals surface area contributed by atoms with Crippen LogP contribution in [0.25, 0.3) is 0 Å². The number of amides is 1. The molecule has 0 aliphatic heterocycles. The first-order valence-corrected chi connectivity index (χ1v) is 9.79. The molecule has 10 nitrogen and oxygen atoms in total. The van der Waals surface area contributed by atoms with E-state index < -0.39 is 35.0 Å². The number of esters is 1. The minimum absolute atomic E-state index is 0.0681. The average Bonchev–Trinajstić information content (AvgIpc) is 3.14. The smallest absolute Gasteiger partial charge is 0.361 e. The molecule has 158 valence electrons. The molecule has 3 N–H and O–H groups in total. The van der Waals surface area contributed by atoms with E-state index >= 15 is 0 Å². The summed E-state index contributed by atoms with van der Waals surface area (Å²) in [5.74, 6) is -2.81. The van der Waals surface area contributed by atoms with Crippen LogP contribution in [0.5, 0.6) is 0 Å². The number of nitrogens with zero attached hydrogens (tertiary/aromatic N) is 1. The Morgan fingerprint density at radius 3 is 2.69 bits per heavy atom. The number of allylic oxidation sites excluding steroid dienone is 2. The zero-order chi connectivity index (χ0) is 21.8. The predicted molar refractivity (Wildman–Crippen MR) is 102 cm³/mol. The molecule has 1 aromatic rings. The Morgan fingerprint density at radius 1 is 1.38 bits per heavy atom. The fraction of sp³-hybridized carbons (Fsp3) is 0.500. The van der Waals surface area contributed by atoms with E-state index in [0.29, 0.717) is 0 Å². The number of thioether (sulfide) groups is 1. The second-order valence-electron chi connectivity index (χ2n) is 6.85. The number of rotatable bonds is 9. The summed E-state index contributed by atoms with van der Waals surface area (Å²) in [6, 6.07) is 0. The molecule has 1 heterocycles. The van der Waals surface area contributed by atoms with Crippen molar-refractivity contribution in [2.75, 3.05) is 25.5 Å². The Hall–Kier alpha value is -2.50. The summed E-state index contributed by atoms with van der Waals surface area (Å²) < 4.78 is 9.65. The third kappa shape index (κ3) is 4.92. The molecule has 2 rings (SSSR count). The van der Waals surface area contributed by atoms with Gasteiger partial charge in [0.25, 0.3) is 0 Å². The fourth-order valence-electron chi connectivity index (χ4n) is 2.36. The monoisotopic (exact) mass is 426 g/mol. The van der Waals surface area contributed by atoms with Crippen molar-refractivity contribution in [3.05, 3.63) is 28.0 Å². The Morgan fingerprint density at radius 2 is 2.07 bits per heavy atom. The van der Waals surface area contributed by atoms with Gasteiger partial charge in [-0.1, -0.05) is 19.0 Å². The molecule has 1 aliphatic rings. The van der Waals surface area contributed by atoms with Gasteiger partial charge in [-0.2, -0.15) is 0 Å². The Balaban J connectivity index is 1.99. The molecule has 1 unspecified atom stereocenters. The van der Waals surface area contributed by atoms with Crippen molar-refractivity contribution in [2.45, 2.75) is 26.9 Å². The lowest BCUT2D eigenvalue weighted by atomic mass is 9.87. The highest BCUT2D eigenvalue weighted by Crippen LogP contribution is 2.30. The number of fused-ring (bicyclic) bond motifs is 1. The number of hydrogen-bond acceptors (Lipinski definition) is 10. The van der Waals surface area contributed by atoms with E-state index in [4.69, 9.17) is 9.26 Å². The van der Waals surface area contributed by atoms with Gasteiger partial charge in [-0.25, -0.2) is 4.79 Å². The molecule has 0 fully saturated rings. The molecule has 0 saturated heterocycles. The van der Waals surface area contributed by atoms with Crippen LogP contribution in [0.1, 0.15) is 52.2 Å². The summed E-state index contributed by atoms with van der Waals surface area (Å²) in [7, 11) is 0. The summed E-state index contributed by atoms with van der Waals surface area (Å²) in [6.45, 7) is 4.47. The standard InChI is InChI=1S/C18H22N2O8S/c1-4-27-17(26)12-11-13(23)10(7-9(22)14(11)28-20-12)29-6-5-19-16(25)15(24)18(2,3)8-21/h7,15,21,24H,4-6,8H2,1-3H3,(H,19,25). The molecule has 1 aliphatic carbocycles. The van der Waals surface area contributed by atoms with E-state index in [-0.39, 0.29) is 47.4 Å².